The van der Waals surface area contributed by atoms with Gasteiger partial charge in [0.2, 0.25) is 5.91 Å². The first-order valence-electron chi connectivity index (χ1n) is 7.29. The molecule has 1 heterocycles. The molecule has 20 heavy (non-hydrogen) atoms. The molecular weight excluding hydrogens is 252 g/mol. The van der Waals surface area contributed by atoms with E-state index in [2.05, 4.69) is 0 Å². The van der Waals surface area contributed by atoms with Crippen LogP contribution in [0.3, 0.4) is 0 Å². The molecule has 0 saturated carbocycles. The maximum atomic E-state index is 12.3. The van der Waals surface area contributed by atoms with Gasteiger partial charge in [0.15, 0.2) is 0 Å². The Bertz CT molecular complexity index is 435. The van der Waals surface area contributed by atoms with Crippen LogP contribution in [0.15, 0.2) is 30.3 Å². The Hall–Kier alpha value is -1.39. The predicted molar refractivity (Wildman–Crippen MR) is 79.2 cm³/mol. The fourth-order valence-electron chi connectivity index (χ4n) is 2.54. The normalized spacial score (nSPS) is 24.4. The first-order chi connectivity index (χ1) is 9.58. The number of benzene rings is 1. The second kappa shape index (κ2) is 6.86. The zero-order valence-electron chi connectivity index (χ0n) is 12.3. The number of nitrogens with two attached hydrogens (primary N) is 1. The molecule has 1 aliphatic rings. The van der Waals surface area contributed by atoms with E-state index in [0.717, 1.165) is 5.56 Å². The third-order valence-electron chi connectivity index (χ3n) is 3.83. The first kappa shape index (κ1) is 15.0. The van der Waals surface area contributed by atoms with Crippen molar-refractivity contribution >= 4 is 5.91 Å². The summed E-state index contributed by atoms with van der Waals surface area (Å²) in [7, 11) is 0. The van der Waals surface area contributed by atoms with Crippen LogP contribution >= 0.6 is 0 Å². The monoisotopic (exact) mass is 276 g/mol. The topological polar surface area (TPSA) is 55.6 Å². The molecule has 0 spiro atoms. The second-order valence-electron chi connectivity index (χ2n) is 5.59. The van der Waals surface area contributed by atoms with Crippen LogP contribution in [0.1, 0.15) is 38.3 Å². The van der Waals surface area contributed by atoms with Crippen molar-refractivity contribution in [1.82, 2.24) is 4.90 Å². The number of hydrogen-bond acceptors (Lipinski definition) is 3. The highest BCUT2D eigenvalue weighted by molar-refractivity contribution is 5.76. The molecule has 3 atom stereocenters. The lowest BCUT2D eigenvalue weighted by molar-refractivity contribution is -0.143. The molecule has 2 N–H and O–H groups in total. The molecule has 4 heteroatoms. The lowest BCUT2D eigenvalue weighted by atomic mass is 10.0. The molecule has 1 amide bonds. The van der Waals surface area contributed by atoms with Crippen LogP contribution < -0.4 is 5.73 Å². The molecule has 2 rings (SSSR count). The largest absolute Gasteiger partial charge is 0.375 e. The highest BCUT2D eigenvalue weighted by Crippen LogP contribution is 2.18. The minimum atomic E-state index is -0.0751. The van der Waals surface area contributed by atoms with Gasteiger partial charge in [-0.25, -0.2) is 0 Å². The van der Waals surface area contributed by atoms with Crippen molar-refractivity contribution < 1.29 is 9.53 Å². The number of amides is 1. The maximum Gasteiger partial charge on any atom is 0.223 e. The van der Waals surface area contributed by atoms with Gasteiger partial charge in [-0.2, -0.15) is 0 Å². The fourth-order valence-corrected chi connectivity index (χ4v) is 2.54. The maximum absolute atomic E-state index is 12.3. The summed E-state index contributed by atoms with van der Waals surface area (Å²) in [5.74, 6) is 0.180. The third-order valence-corrected chi connectivity index (χ3v) is 3.83. The van der Waals surface area contributed by atoms with Gasteiger partial charge in [0.05, 0.1) is 18.8 Å². The van der Waals surface area contributed by atoms with Crippen LogP contribution in [0.5, 0.6) is 0 Å². The molecule has 1 aliphatic heterocycles. The van der Waals surface area contributed by atoms with E-state index in [1.807, 2.05) is 49.1 Å². The van der Waals surface area contributed by atoms with Gasteiger partial charge in [-0.1, -0.05) is 30.3 Å². The van der Waals surface area contributed by atoms with Crippen molar-refractivity contribution in [3.63, 3.8) is 0 Å². The van der Waals surface area contributed by atoms with Gasteiger partial charge >= 0.3 is 0 Å². The van der Waals surface area contributed by atoms with E-state index in [9.17, 15) is 4.79 Å². The van der Waals surface area contributed by atoms with Gasteiger partial charge in [0.1, 0.15) is 0 Å². The fraction of sp³-hybridized carbons (Fsp3) is 0.562. The van der Waals surface area contributed by atoms with E-state index in [1.165, 1.54) is 0 Å². The molecule has 1 aromatic rings. The van der Waals surface area contributed by atoms with Crippen LogP contribution in [0.25, 0.3) is 0 Å². The van der Waals surface area contributed by atoms with Gasteiger partial charge in [-0.3, -0.25) is 4.79 Å². The molecule has 1 fully saturated rings. The van der Waals surface area contributed by atoms with Gasteiger partial charge < -0.3 is 15.4 Å². The van der Waals surface area contributed by atoms with Gasteiger partial charge in [-0.05, 0) is 25.8 Å². The average Bonchev–Trinajstić information content (AvgIpc) is 2.47. The SMILES string of the molecule is C[C@@H]1CN(C(=O)CC[C@@H](N)c2ccccc2)[C@H](C)CO1. The summed E-state index contributed by atoms with van der Waals surface area (Å²) in [5, 5.41) is 0. The van der Waals surface area contributed by atoms with Gasteiger partial charge in [-0.15, -0.1) is 0 Å². The minimum Gasteiger partial charge on any atom is -0.375 e. The molecule has 0 radical (unpaired) electrons. The lowest BCUT2D eigenvalue weighted by Crippen LogP contribution is -2.50. The summed E-state index contributed by atoms with van der Waals surface area (Å²) in [6.07, 6.45) is 1.30. The van der Waals surface area contributed by atoms with Crippen LogP contribution in [0.2, 0.25) is 0 Å². The lowest BCUT2D eigenvalue weighted by Gasteiger charge is -2.37. The molecule has 0 unspecified atom stereocenters. The Morgan fingerprint density at radius 1 is 1.40 bits per heavy atom. The van der Waals surface area contributed by atoms with E-state index in [-0.39, 0.29) is 24.1 Å². The zero-order valence-corrected chi connectivity index (χ0v) is 12.3. The predicted octanol–water partition coefficient (Wildman–Crippen LogP) is 2.10. The highest BCUT2D eigenvalue weighted by atomic mass is 16.5. The van der Waals surface area contributed by atoms with E-state index in [1.54, 1.807) is 0 Å². The summed E-state index contributed by atoms with van der Waals surface area (Å²) in [4.78, 5) is 14.2. The quantitative estimate of drug-likeness (QED) is 0.916. The molecule has 110 valence electrons. The van der Waals surface area contributed by atoms with Crippen molar-refractivity contribution in [1.29, 1.82) is 0 Å². The number of ether oxygens (including phenoxy) is 1. The number of rotatable bonds is 4. The van der Waals surface area contributed by atoms with E-state index in [4.69, 9.17) is 10.5 Å². The summed E-state index contributed by atoms with van der Waals surface area (Å²) in [5.41, 5.74) is 7.23. The molecule has 0 bridgehead atoms. The molecule has 4 nitrogen and oxygen atoms in total. The Morgan fingerprint density at radius 3 is 2.80 bits per heavy atom. The average molecular weight is 276 g/mol. The molecule has 1 aromatic carbocycles. The Kier molecular flexibility index (Phi) is 5.15. The van der Waals surface area contributed by atoms with Crippen LogP contribution in [-0.4, -0.2) is 36.1 Å². The standard InChI is InChI=1S/C16H24N2O2/c1-12-11-20-13(2)10-18(12)16(19)9-8-15(17)14-6-4-3-5-7-14/h3-7,12-13,15H,8-11,17H2,1-2H3/t12-,13-,15-/m1/s1. The molecule has 1 saturated heterocycles. The first-order valence-corrected chi connectivity index (χ1v) is 7.29. The molecule has 0 aliphatic carbocycles. The number of nitrogens with zero attached hydrogens (tertiary/aromatic N) is 1. The molecule has 0 aromatic heterocycles. The van der Waals surface area contributed by atoms with E-state index >= 15 is 0 Å². The number of carbonyl (C=O) groups excluding carboxylic acids is 1. The van der Waals surface area contributed by atoms with E-state index in [0.29, 0.717) is 26.0 Å². The zero-order chi connectivity index (χ0) is 14.5. The summed E-state index contributed by atoms with van der Waals surface area (Å²) < 4.78 is 5.55. The second-order valence-corrected chi connectivity index (χ2v) is 5.59. The van der Waals surface area contributed by atoms with Crippen molar-refractivity contribution in [3.8, 4) is 0 Å². The third kappa shape index (κ3) is 3.81. The smallest absolute Gasteiger partial charge is 0.223 e. The van der Waals surface area contributed by atoms with Crippen LogP contribution in [0.4, 0.5) is 0 Å². The van der Waals surface area contributed by atoms with E-state index < -0.39 is 0 Å². The number of morpholine rings is 1. The van der Waals surface area contributed by atoms with Crippen molar-refractivity contribution in [2.24, 2.45) is 5.73 Å². The number of hydrogen-bond donors (Lipinski definition) is 1. The van der Waals surface area contributed by atoms with Gasteiger partial charge in [0, 0.05) is 19.0 Å². The van der Waals surface area contributed by atoms with Crippen molar-refractivity contribution in [2.45, 2.75) is 44.9 Å². The minimum absolute atomic E-state index is 0.0751. The Morgan fingerprint density at radius 2 is 2.10 bits per heavy atom. The number of carbonyl (C=O) groups is 1. The van der Waals surface area contributed by atoms with Crippen molar-refractivity contribution in [3.05, 3.63) is 35.9 Å². The Labute approximate surface area is 120 Å². The van der Waals surface area contributed by atoms with Gasteiger partial charge in [0.25, 0.3) is 0 Å². The summed E-state index contributed by atoms with van der Waals surface area (Å²) >= 11 is 0. The Balaban J connectivity index is 1.85. The highest BCUT2D eigenvalue weighted by Gasteiger charge is 2.27. The van der Waals surface area contributed by atoms with Crippen molar-refractivity contribution in [2.75, 3.05) is 13.2 Å². The summed E-state index contributed by atoms with van der Waals surface area (Å²) in [6.45, 7) is 5.33. The molecular formula is C16H24N2O2. The summed E-state index contributed by atoms with van der Waals surface area (Å²) in [6, 6.07) is 10.0. The van der Waals surface area contributed by atoms with Crippen LogP contribution in [-0.2, 0) is 9.53 Å². The van der Waals surface area contributed by atoms with Crippen LogP contribution in [0, 0.1) is 0 Å².